The van der Waals surface area contributed by atoms with Gasteiger partial charge in [0.25, 0.3) is 5.91 Å². The van der Waals surface area contributed by atoms with E-state index in [0.29, 0.717) is 0 Å². The number of carbonyl (C=O) groups excluding carboxylic acids is 1. The fraction of sp³-hybridized carbons (Fsp3) is 0.545. The Labute approximate surface area is 185 Å². The Morgan fingerprint density at radius 2 is 1.75 bits per heavy atom. The zero-order valence-corrected chi connectivity index (χ0v) is 18.4. The number of piperidine rings is 1. The molecule has 10 heteroatoms. The van der Waals surface area contributed by atoms with Crippen molar-refractivity contribution in [3.05, 3.63) is 40.8 Å². The molecule has 1 aliphatic carbocycles. The Morgan fingerprint density at radius 1 is 1.09 bits per heavy atom. The maximum atomic E-state index is 13.2. The molecule has 174 valence electrons. The van der Waals surface area contributed by atoms with E-state index in [0.717, 1.165) is 49.1 Å². The lowest BCUT2D eigenvalue weighted by molar-refractivity contribution is -0.137. The molecule has 2 aliphatic heterocycles. The van der Waals surface area contributed by atoms with Crippen LogP contribution in [0, 0.1) is 5.92 Å². The highest BCUT2D eigenvalue weighted by Crippen LogP contribution is 2.35. The molecular weight excluding hydrogens is 443 g/mol. The predicted molar refractivity (Wildman–Crippen MR) is 115 cm³/mol. The van der Waals surface area contributed by atoms with Crippen molar-refractivity contribution >= 4 is 27.8 Å². The topological polar surface area (TPSA) is 78.8 Å². The Hall–Kier alpha value is -2.20. The highest BCUT2D eigenvalue weighted by Gasteiger charge is 2.48. The van der Waals surface area contributed by atoms with E-state index in [1.165, 1.54) is 28.9 Å². The molecule has 1 saturated carbocycles. The van der Waals surface area contributed by atoms with E-state index >= 15 is 0 Å². The number of carbonyl (C=O) groups is 1. The molecule has 0 bridgehead atoms. The van der Waals surface area contributed by atoms with Crippen molar-refractivity contribution in [2.45, 2.75) is 56.7 Å². The number of hydrogen-bond donors (Lipinski definition) is 1. The first kappa shape index (κ1) is 23.0. The minimum atomic E-state index is -4.58. The number of sulfonamides is 1. The average Bonchev–Trinajstić information content (AvgIpc) is 3.08. The summed E-state index contributed by atoms with van der Waals surface area (Å²) in [5.74, 6) is 0.810. The SMILES string of the molecule is O=C1NC(C2CCCCC2)=NC12CCN(S(=O)(=O)C=Cc1ccccc1C(F)(F)F)CC2. The highest BCUT2D eigenvalue weighted by atomic mass is 32.2. The number of amidine groups is 1. The van der Waals surface area contributed by atoms with Crippen molar-refractivity contribution in [2.24, 2.45) is 10.9 Å². The van der Waals surface area contributed by atoms with Crippen LogP contribution in [0.5, 0.6) is 0 Å². The van der Waals surface area contributed by atoms with Crippen molar-refractivity contribution in [1.29, 1.82) is 0 Å². The van der Waals surface area contributed by atoms with Crippen LogP contribution in [0.3, 0.4) is 0 Å². The molecule has 1 amide bonds. The number of nitrogens with zero attached hydrogens (tertiary/aromatic N) is 2. The maximum absolute atomic E-state index is 13.2. The first-order chi connectivity index (χ1) is 15.1. The summed E-state index contributed by atoms with van der Waals surface area (Å²) in [6, 6.07) is 4.82. The summed E-state index contributed by atoms with van der Waals surface area (Å²) < 4.78 is 66.1. The van der Waals surface area contributed by atoms with E-state index in [4.69, 9.17) is 4.99 Å². The number of halogens is 3. The molecule has 2 fully saturated rings. The highest BCUT2D eigenvalue weighted by molar-refractivity contribution is 7.92. The largest absolute Gasteiger partial charge is 0.416 e. The first-order valence-electron chi connectivity index (χ1n) is 10.9. The standard InChI is InChI=1S/C22H26F3N3O3S/c23-22(24,25)18-9-5-4-6-16(18)10-15-32(30,31)28-13-11-21(12-14-28)20(29)26-19(27-21)17-7-2-1-3-8-17/h4-6,9-10,15,17H,1-3,7-8,11-14H2,(H,26,27,29). The van der Waals surface area contributed by atoms with Crippen molar-refractivity contribution in [1.82, 2.24) is 9.62 Å². The fourth-order valence-electron chi connectivity index (χ4n) is 4.71. The summed E-state index contributed by atoms with van der Waals surface area (Å²) in [6.07, 6.45) is 2.32. The number of hydrogen-bond acceptors (Lipinski definition) is 4. The summed E-state index contributed by atoms with van der Waals surface area (Å²) in [4.78, 5) is 17.4. The van der Waals surface area contributed by atoms with E-state index in [2.05, 4.69) is 5.32 Å². The Bertz CT molecular complexity index is 1040. The minimum absolute atomic E-state index is 0.0858. The van der Waals surface area contributed by atoms with Gasteiger partial charge in [0.1, 0.15) is 11.4 Å². The van der Waals surface area contributed by atoms with Gasteiger partial charge >= 0.3 is 6.18 Å². The molecule has 0 unspecified atom stereocenters. The minimum Gasteiger partial charge on any atom is -0.312 e. The van der Waals surface area contributed by atoms with Gasteiger partial charge in [-0.05, 0) is 43.4 Å². The Balaban J connectivity index is 1.45. The summed E-state index contributed by atoms with van der Waals surface area (Å²) in [6.45, 7) is 0.172. The van der Waals surface area contributed by atoms with Crippen LogP contribution in [-0.2, 0) is 21.0 Å². The molecule has 4 rings (SSSR count). The van der Waals surface area contributed by atoms with Gasteiger partial charge in [-0.2, -0.15) is 17.5 Å². The van der Waals surface area contributed by atoms with Crippen LogP contribution in [0.2, 0.25) is 0 Å². The van der Waals surface area contributed by atoms with Crippen LogP contribution in [0.1, 0.15) is 56.1 Å². The zero-order chi connectivity index (χ0) is 23.0. The lowest BCUT2D eigenvalue weighted by Gasteiger charge is -2.34. The van der Waals surface area contributed by atoms with Crippen molar-refractivity contribution < 1.29 is 26.4 Å². The maximum Gasteiger partial charge on any atom is 0.416 e. The van der Waals surface area contributed by atoms with Gasteiger partial charge in [-0.15, -0.1) is 0 Å². The second-order valence-electron chi connectivity index (χ2n) is 8.65. The van der Waals surface area contributed by atoms with Crippen LogP contribution in [0.25, 0.3) is 6.08 Å². The molecule has 2 heterocycles. The van der Waals surface area contributed by atoms with E-state index in [-0.39, 0.29) is 43.3 Å². The number of amides is 1. The van der Waals surface area contributed by atoms with Gasteiger partial charge in [0.05, 0.1) is 5.56 Å². The van der Waals surface area contributed by atoms with Crippen molar-refractivity contribution in [3.8, 4) is 0 Å². The number of alkyl halides is 3. The second kappa shape index (κ2) is 8.62. The lowest BCUT2D eigenvalue weighted by Crippen LogP contribution is -2.50. The van der Waals surface area contributed by atoms with Crippen LogP contribution in [0.4, 0.5) is 13.2 Å². The van der Waals surface area contributed by atoms with Gasteiger partial charge in [0.2, 0.25) is 10.0 Å². The first-order valence-corrected chi connectivity index (χ1v) is 12.4. The molecule has 1 aromatic rings. The molecule has 6 nitrogen and oxygen atoms in total. The number of rotatable bonds is 4. The second-order valence-corrected chi connectivity index (χ2v) is 10.5. The number of benzene rings is 1. The third kappa shape index (κ3) is 4.61. The van der Waals surface area contributed by atoms with Crippen LogP contribution < -0.4 is 5.32 Å². The van der Waals surface area contributed by atoms with Crippen LogP contribution >= 0.6 is 0 Å². The van der Waals surface area contributed by atoms with Crippen LogP contribution in [-0.4, -0.2) is 43.1 Å². The van der Waals surface area contributed by atoms with Gasteiger partial charge in [0, 0.05) is 24.4 Å². The third-order valence-electron chi connectivity index (χ3n) is 6.59. The molecule has 1 N–H and O–H groups in total. The molecule has 1 aromatic carbocycles. The molecule has 32 heavy (non-hydrogen) atoms. The quantitative estimate of drug-likeness (QED) is 0.725. The van der Waals surface area contributed by atoms with Crippen molar-refractivity contribution in [3.63, 3.8) is 0 Å². The molecule has 0 atom stereocenters. The predicted octanol–water partition coefficient (Wildman–Crippen LogP) is 3.95. The summed E-state index contributed by atoms with van der Waals surface area (Å²) in [5, 5.41) is 3.73. The normalized spacial score (nSPS) is 23.0. The smallest absolute Gasteiger partial charge is 0.312 e. The number of aliphatic imine (C=N–C) groups is 1. The fourth-order valence-corrected chi connectivity index (χ4v) is 5.89. The summed E-state index contributed by atoms with van der Waals surface area (Å²) in [5.41, 5.74) is -2.05. The lowest BCUT2D eigenvalue weighted by atomic mass is 9.88. The molecule has 0 aromatic heterocycles. The third-order valence-corrected chi connectivity index (χ3v) is 8.15. The average molecular weight is 470 g/mol. The number of nitrogens with one attached hydrogen (secondary N) is 1. The van der Waals surface area contributed by atoms with Gasteiger partial charge in [-0.25, -0.2) is 8.42 Å². The van der Waals surface area contributed by atoms with Gasteiger partial charge in [0.15, 0.2) is 0 Å². The molecule has 3 aliphatic rings. The van der Waals surface area contributed by atoms with Gasteiger partial charge < -0.3 is 5.32 Å². The Morgan fingerprint density at radius 3 is 2.41 bits per heavy atom. The van der Waals surface area contributed by atoms with Crippen molar-refractivity contribution in [2.75, 3.05) is 13.1 Å². The van der Waals surface area contributed by atoms with E-state index in [1.807, 2.05) is 0 Å². The molecule has 1 saturated heterocycles. The summed E-state index contributed by atoms with van der Waals surface area (Å²) in [7, 11) is -3.94. The Kier molecular flexibility index (Phi) is 6.19. The summed E-state index contributed by atoms with van der Waals surface area (Å²) >= 11 is 0. The zero-order valence-electron chi connectivity index (χ0n) is 17.6. The monoisotopic (exact) mass is 469 g/mol. The van der Waals surface area contributed by atoms with E-state index < -0.39 is 27.3 Å². The van der Waals surface area contributed by atoms with E-state index in [1.54, 1.807) is 0 Å². The molecule has 1 spiro atoms. The molecule has 0 radical (unpaired) electrons. The van der Waals surface area contributed by atoms with E-state index in [9.17, 15) is 26.4 Å². The van der Waals surface area contributed by atoms with Crippen LogP contribution in [0.15, 0.2) is 34.7 Å². The van der Waals surface area contributed by atoms with Gasteiger partial charge in [-0.1, -0.05) is 37.5 Å². The molecular formula is C22H26F3N3O3S. The van der Waals surface area contributed by atoms with Gasteiger partial charge in [-0.3, -0.25) is 9.79 Å².